The third kappa shape index (κ3) is 7.42. The summed E-state index contributed by atoms with van der Waals surface area (Å²) in [4.78, 5) is 10.6. The number of aromatic hydroxyl groups is 1. The Hall–Kier alpha value is -7.07. The van der Waals surface area contributed by atoms with Crippen molar-refractivity contribution in [3.05, 3.63) is 193 Å². The number of phenols is 1. The first-order valence-electron chi connectivity index (χ1n) is 22.3. The molecule has 0 amide bonds. The third-order valence-electron chi connectivity index (χ3n) is 12.7. The van der Waals surface area contributed by atoms with Crippen molar-refractivity contribution >= 4 is 43.7 Å². The van der Waals surface area contributed by atoms with Gasteiger partial charge in [0.15, 0.2) is 0 Å². The Morgan fingerprint density at radius 2 is 1.21 bits per heavy atom. The summed E-state index contributed by atoms with van der Waals surface area (Å²) in [6, 6.07) is 63.0. The summed E-state index contributed by atoms with van der Waals surface area (Å²) in [6.07, 6.45) is 1.87. The van der Waals surface area contributed by atoms with E-state index in [1.165, 1.54) is 0 Å². The molecule has 8 aromatic carbocycles. The summed E-state index contributed by atoms with van der Waals surface area (Å²) in [5, 5.41) is 16.8. The molecule has 0 radical (unpaired) electrons. The second-order valence-corrected chi connectivity index (χ2v) is 19.1. The first kappa shape index (κ1) is 42.9. The fraction of sp³-hybridized carbons (Fsp3) is 0.133. The number of imidazole rings is 1. The zero-order valence-corrected chi connectivity index (χ0v) is 40.0. The van der Waals surface area contributed by atoms with Gasteiger partial charge in [-0.3, -0.25) is 9.55 Å². The van der Waals surface area contributed by atoms with Gasteiger partial charge in [-0.2, -0.15) is 0 Å². The number of rotatable bonds is 6. The SMILES string of the molecule is CC(C)(C)c1cc(-c2nc3c(-c4[c-]c(-c5nccc6c5oc5cc7ccccc7cc56)cc(-c5ccccc5)c4)cccc3n2-c2ccccc2-c2ccccc2)c(O)c(C(C)(C)C)c1.[Pt]. The van der Waals surface area contributed by atoms with Gasteiger partial charge in [0.2, 0.25) is 0 Å². The molecule has 0 aliphatic carbocycles. The number of furan rings is 1. The molecule has 326 valence electrons. The predicted molar refractivity (Wildman–Crippen MR) is 269 cm³/mol. The molecular weight excluding hydrogens is 990 g/mol. The van der Waals surface area contributed by atoms with Crippen LogP contribution in [0.25, 0.3) is 105 Å². The van der Waals surface area contributed by atoms with E-state index >= 15 is 0 Å². The molecule has 1 N–H and O–H groups in total. The Morgan fingerprint density at radius 3 is 1.94 bits per heavy atom. The number of hydrogen-bond donors (Lipinski definition) is 1. The molecule has 5 nitrogen and oxygen atoms in total. The number of hydrogen-bond acceptors (Lipinski definition) is 4. The summed E-state index contributed by atoms with van der Waals surface area (Å²) in [5.41, 5.74) is 13.9. The number of nitrogens with zero attached hydrogens (tertiary/aromatic N) is 3. The van der Waals surface area contributed by atoms with Gasteiger partial charge in [-0.15, -0.1) is 23.8 Å². The van der Waals surface area contributed by atoms with Gasteiger partial charge in [-0.1, -0.05) is 180 Å². The maximum atomic E-state index is 12.5. The summed E-state index contributed by atoms with van der Waals surface area (Å²) in [6.45, 7) is 13.1. The van der Waals surface area contributed by atoms with Crippen LogP contribution in [0.2, 0.25) is 0 Å². The molecule has 0 atom stereocenters. The number of phenolic OH excluding ortho intramolecular Hbond substituents is 1. The number of aromatic nitrogens is 3. The van der Waals surface area contributed by atoms with Gasteiger partial charge in [-0.05, 0) is 74.7 Å². The van der Waals surface area contributed by atoms with E-state index in [4.69, 9.17) is 14.4 Å². The summed E-state index contributed by atoms with van der Waals surface area (Å²) >= 11 is 0. The van der Waals surface area contributed by atoms with Crippen LogP contribution in [-0.4, -0.2) is 19.6 Å². The van der Waals surface area contributed by atoms with Crippen LogP contribution in [0, 0.1) is 6.07 Å². The van der Waals surface area contributed by atoms with Crippen LogP contribution in [-0.2, 0) is 31.9 Å². The Kier molecular flexibility index (Phi) is 10.7. The van der Waals surface area contributed by atoms with Crippen LogP contribution < -0.4 is 0 Å². The van der Waals surface area contributed by atoms with Crippen molar-refractivity contribution in [2.45, 2.75) is 52.4 Å². The minimum Gasteiger partial charge on any atom is -0.507 e. The van der Waals surface area contributed by atoms with Gasteiger partial charge < -0.3 is 9.52 Å². The Balaban J connectivity index is 0.00000511. The van der Waals surface area contributed by atoms with Crippen molar-refractivity contribution in [3.8, 4) is 67.5 Å². The molecule has 0 unspecified atom stereocenters. The van der Waals surface area contributed by atoms with E-state index < -0.39 is 0 Å². The van der Waals surface area contributed by atoms with E-state index in [2.05, 4.69) is 204 Å². The number of fused-ring (bicyclic) bond motifs is 5. The molecule has 11 rings (SSSR count). The molecule has 3 aromatic heterocycles. The molecule has 0 spiro atoms. The molecule has 0 saturated carbocycles. The van der Waals surface area contributed by atoms with E-state index in [0.717, 1.165) is 105 Å². The molecule has 3 heterocycles. The summed E-state index contributed by atoms with van der Waals surface area (Å²) < 4.78 is 8.96. The Bertz CT molecular complexity index is 3630. The Morgan fingerprint density at radius 1 is 0.561 bits per heavy atom. The van der Waals surface area contributed by atoms with Crippen LogP contribution >= 0.6 is 0 Å². The van der Waals surface area contributed by atoms with E-state index in [1.54, 1.807) is 0 Å². The first-order valence-corrected chi connectivity index (χ1v) is 22.3. The minimum atomic E-state index is -0.336. The molecule has 0 saturated heterocycles. The van der Waals surface area contributed by atoms with Gasteiger partial charge >= 0.3 is 0 Å². The maximum Gasteiger partial charge on any atom is 0.148 e. The third-order valence-corrected chi connectivity index (χ3v) is 12.7. The monoisotopic (exact) mass is 1040 g/mol. The molecule has 11 aromatic rings. The molecule has 66 heavy (non-hydrogen) atoms. The van der Waals surface area contributed by atoms with Crippen molar-refractivity contribution in [2.75, 3.05) is 0 Å². The largest absolute Gasteiger partial charge is 0.507 e. The fourth-order valence-electron chi connectivity index (χ4n) is 9.30. The predicted octanol–water partition coefficient (Wildman–Crippen LogP) is 15.9. The Labute approximate surface area is 399 Å². The molecule has 0 aliphatic heterocycles. The zero-order valence-electron chi connectivity index (χ0n) is 37.8. The molecule has 0 aliphatic rings. The van der Waals surface area contributed by atoms with E-state index in [1.807, 2.05) is 24.4 Å². The summed E-state index contributed by atoms with van der Waals surface area (Å²) in [7, 11) is 0. The van der Waals surface area contributed by atoms with Crippen LogP contribution in [0.5, 0.6) is 5.75 Å². The first-order chi connectivity index (χ1) is 31.4. The van der Waals surface area contributed by atoms with Crippen molar-refractivity contribution < 1.29 is 30.6 Å². The van der Waals surface area contributed by atoms with Crippen LogP contribution in [0.4, 0.5) is 0 Å². The normalized spacial score (nSPS) is 12.0. The number of para-hydroxylation sites is 2. The van der Waals surface area contributed by atoms with Crippen molar-refractivity contribution in [2.24, 2.45) is 0 Å². The van der Waals surface area contributed by atoms with Crippen molar-refractivity contribution in [1.29, 1.82) is 0 Å². The average molecular weight is 1040 g/mol. The van der Waals surface area contributed by atoms with Gasteiger partial charge in [-0.25, -0.2) is 4.98 Å². The standard InChI is InChI=1S/C60H48N3O2.Pt/c1-59(2,3)44-35-49(56(64)50(36-44)60(4,5)6)58-62-55-46(25-17-27-52(55)63(58)51-26-16-15-24-45(51)38-20-11-8-12-21-38)42-30-41(37-18-9-7-10-19-37)31-43(32-42)54-57-47(28-29-61-54)48-33-39-22-13-14-23-40(39)34-53(48)65-57;/h7-31,33-36,64H,1-6H3;/q-1;. The average Bonchev–Trinajstić information content (AvgIpc) is 3.89. The minimum absolute atomic E-state index is 0. The second-order valence-electron chi connectivity index (χ2n) is 19.1. The fourth-order valence-corrected chi connectivity index (χ4v) is 9.30. The number of benzene rings is 8. The topological polar surface area (TPSA) is 64.1 Å². The zero-order chi connectivity index (χ0) is 44.6. The van der Waals surface area contributed by atoms with E-state index in [9.17, 15) is 5.11 Å². The van der Waals surface area contributed by atoms with Crippen LogP contribution in [0.1, 0.15) is 52.7 Å². The summed E-state index contributed by atoms with van der Waals surface area (Å²) in [5.74, 6) is 0.893. The molecular formula is C60H48N3O2Pt-. The van der Waals surface area contributed by atoms with Gasteiger partial charge in [0.05, 0.1) is 22.3 Å². The quantitative estimate of drug-likeness (QED) is 0.169. The molecule has 0 bridgehead atoms. The van der Waals surface area contributed by atoms with Crippen LogP contribution in [0.3, 0.4) is 0 Å². The molecule has 0 fully saturated rings. The second kappa shape index (κ2) is 16.4. The van der Waals surface area contributed by atoms with Crippen LogP contribution in [0.15, 0.2) is 180 Å². The van der Waals surface area contributed by atoms with E-state index in [-0.39, 0.29) is 37.6 Å². The van der Waals surface area contributed by atoms with Gasteiger partial charge in [0.25, 0.3) is 0 Å². The maximum absolute atomic E-state index is 12.5. The van der Waals surface area contributed by atoms with E-state index in [0.29, 0.717) is 11.4 Å². The number of pyridine rings is 1. The smallest absolute Gasteiger partial charge is 0.148 e. The van der Waals surface area contributed by atoms with Crippen molar-refractivity contribution in [3.63, 3.8) is 0 Å². The van der Waals surface area contributed by atoms with Gasteiger partial charge in [0.1, 0.15) is 22.7 Å². The molecule has 6 heteroatoms. The van der Waals surface area contributed by atoms with Crippen molar-refractivity contribution in [1.82, 2.24) is 14.5 Å². The van der Waals surface area contributed by atoms with Gasteiger partial charge in [0, 0.05) is 54.9 Å².